The van der Waals surface area contributed by atoms with Gasteiger partial charge in [0.1, 0.15) is 25.4 Å². The molecule has 36 heavy (non-hydrogen) atoms. The molecule has 2 N–H and O–H groups in total. The van der Waals surface area contributed by atoms with Crippen molar-refractivity contribution in [1.29, 1.82) is 0 Å². The Morgan fingerprint density at radius 2 is 1.86 bits per heavy atom. The molecule has 0 fully saturated rings. The molecule has 3 rings (SSSR count). The van der Waals surface area contributed by atoms with Crippen molar-refractivity contribution in [3.05, 3.63) is 70.9 Å². The normalized spacial score (nSPS) is 12.2. The van der Waals surface area contributed by atoms with E-state index < -0.39 is 19.5 Å². The number of aldehydes is 1. The predicted octanol–water partition coefficient (Wildman–Crippen LogP) is 5.99. The van der Waals surface area contributed by atoms with Gasteiger partial charge < -0.3 is 24.7 Å². The van der Waals surface area contributed by atoms with Gasteiger partial charge in [0.25, 0.3) is 0 Å². The van der Waals surface area contributed by atoms with Gasteiger partial charge in [0.05, 0.1) is 12.3 Å². The van der Waals surface area contributed by atoms with Gasteiger partial charge in [-0.25, -0.2) is 8.78 Å². The lowest BCUT2D eigenvalue weighted by Crippen LogP contribution is -2.21. The highest BCUT2D eigenvalue weighted by atomic mass is 19.1. The van der Waals surface area contributed by atoms with Crippen molar-refractivity contribution in [2.24, 2.45) is 10.9 Å². The summed E-state index contributed by atoms with van der Waals surface area (Å²) in [6.07, 6.45) is 2.40. The highest BCUT2D eigenvalue weighted by molar-refractivity contribution is 6.09. The summed E-state index contributed by atoms with van der Waals surface area (Å²) in [6, 6.07) is 13.2. The third-order valence-corrected chi connectivity index (χ3v) is 5.74. The van der Waals surface area contributed by atoms with Crippen molar-refractivity contribution in [1.82, 2.24) is 4.57 Å². The summed E-state index contributed by atoms with van der Waals surface area (Å²) in [4.78, 5) is 16.9. The van der Waals surface area contributed by atoms with Gasteiger partial charge in [-0.3, -0.25) is 0 Å². The van der Waals surface area contributed by atoms with Gasteiger partial charge in [0.15, 0.2) is 11.9 Å². The molecular formula is C28H35F2N3O3. The van der Waals surface area contributed by atoms with Crippen LogP contribution < -0.4 is 10.5 Å². The molecule has 0 unspecified atom stereocenters. The van der Waals surface area contributed by atoms with Gasteiger partial charge in [-0.05, 0) is 75.7 Å². The van der Waals surface area contributed by atoms with Crippen LogP contribution in [0.25, 0.3) is 16.7 Å². The second-order valence-corrected chi connectivity index (χ2v) is 8.13. The fourth-order valence-corrected chi connectivity index (χ4v) is 3.69. The van der Waals surface area contributed by atoms with Crippen molar-refractivity contribution in [3.63, 3.8) is 0 Å². The highest BCUT2D eigenvalue weighted by Crippen LogP contribution is 2.29. The van der Waals surface area contributed by atoms with Gasteiger partial charge in [-0.2, -0.15) is 0 Å². The molecule has 194 valence electrons. The number of aromatic nitrogens is 1. The Labute approximate surface area is 211 Å². The van der Waals surface area contributed by atoms with E-state index in [1.165, 1.54) is 7.05 Å². The molecule has 8 heteroatoms. The number of allylic oxidation sites excluding steroid dienone is 1. The van der Waals surface area contributed by atoms with Crippen LogP contribution in [0.3, 0.4) is 0 Å². The SMILES string of the molecule is CC/C(C)=C(\O/N=C(\C)c1cccc2c1ccn2CC=O)c1ccc(OC(CF)CF)c(C)c1.CN. The van der Waals surface area contributed by atoms with E-state index in [1.807, 2.05) is 68.8 Å². The first-order valence-electron chi connectivity index (χ1n) is 11.8. The molecule has 0 bridgehead atoms. The number of oxime groups is 1. The van der Waals surface area contributed by atoms with Crippen LogP contribution in [0.4, 0.5) is 8.78 Å². The molecule has 0 radical (unpaired) electrons. The fraction of sp³-hybridized carbons (Fsp3) is 0.357. The summed E-state index contributed by atoms with van der Waals surface area (Å²) in [5, 5.41) is 5.41. The third kappa shape index (κ3) is 6.79. The number of carbonyl (C=O) groups is 1. The second-order valence-electron chi connectivity index (χ2n) is 8.13. The number of alkyl halides is 2. The number of ether oxygens (including phenoxy) is 1. The Morgan fingerprint density at radius 3 is 2.47 bits per heavy atom. The van der Waals surface area contributed by atoms with Crippen LogP contribution in [-0.4, -0.2) is 43.1 Å². The Morgan fingerprint density at radius 1 is 1.14 bits per heavy atom. The Hall–Kier alpha value is -3.52. The van der Waals surface area contributed by atoms with Crippen LogP contribution in [-0.2, 0) is 16.2 Å². The standard InChI is InChI=1S/C27H30F2N2O3.CH5N/c1-5-18(2)27(21-9-10-26(19(3)15-21)33-22(16-28)17-29)34-30-20(4)23-7-6-8-25-24(23)11-12-31(25)13-14-32;1-2/h6-12,14-15,22H,5,13,16-17H2,1-4H3;2H2,1H3/b27-18-,30-20+;. The molecule has 2 aromatic carbocycles. The van der Waals surface area contributed by atoms with Crippen LogP contribution in [0.15, 0.2) is 59.4 Å². The van der Waals surface area contributed by atoms with Crippen molar-refractivity contribution < 1.29 is 23.1 Å². The average molecular weight is 500 g/mol. The molecule has 0 aliphatic carbocycles. The highest BCUT2D eigenvalue weighted by Gasteiger charge is 2.15. The predicted molar refractivity (Wildman–Crippen MR) is 142 cm³/mol. The zero-order chi connectivity index (χ0) is 26.7. The van der Waals surface area contributed by atoms with Crippen LogP contribution >= 0.6 is 0 Å². The van der Waals surface area contributed by atoms with Crippen molar-refractivity contribution in [3.8, 4) is 5.75 Å². The van der Waals surface area contributed by atoms with Crippen LogP contribution in [0.2, 0.25) is 0 Å². The van der Waals surface area contributed by atoms with E-state index in [2.05, 4.69) is 10.9 Å². The van der Waals surface area contributed by atoms with Crippen LogP contribution in [0.5, 0.6) is 5.75 Å². The fourth-order valence-electron chi connectivity index (χ4n) is 3.69. The van der Waals surface area contributed by atoms with E-state index in [-0.39, 0.29) is 0 Å². The van der Waals surface area contributed by atoms with Gasteiger partial charge in [-0.1, -0.05) is 24.2 Å². The topological polar surface area (TPSA) is 78.8 Å². The Balaban J connectivity index is 0.00000222. The largest absolute Gasteiger partial charge is 0.485 e. The lowest BCUT2D eigenvalue weighted by molar-refractivity contribution is -0.108. The van der Waals surface area contributed by atoms with Gasteiger partial charge in [-0.15, -0.1) is 0 Å². The summed E-state index contributed by atoms with van der Waals surface area (Å²) in [7, 11) is 1.50. The first kappa shape index (κ1) is 28.7. The minimum absolute atomic E-state index is 0.290. The van der Waals surface area contributed by atoms with E-state index in [0.29, 0.717) is 23.8 Å². The van der Waals surface area contributed by atoms with E-state index in [1.54, 1.807) is 12.1 Å². The Kier molecular flexibility index (Phi) is 11.3. The molecule has 1 aromatic heterocycles. The van der Waals surface area contributed by atoms with Crippen LogP contribution in [0, 0.1) is 6.92 Å². The average Bonchev–Trinajstić information content (AvgIpc) is 3.32. The van der Waals surface area contributed by atoms with Crippen LogP contribution in [0.1, 0.15) is 43.9 Å². The molecule has 0 aliphatic heterocycles. The van der Waals surface area contributed by atoms with E-state index >= 15 is 0 Å². The maximum absolute atomic E-state index is 12.9. The van der Waals surface area contributed by atoms with Gasteiger partial charge >= 0.3 is 0 Å². The Bertz CT molecular complexity index is 1210. The lowest BCUT2D eigenvalue weighted by Gasteiger charge is -2.16. The summed E-state index contributed by atoms with van der Waals surface area (Å²) < 4.78 is 33.0. The smallest absolute Gasteiger partial charge is 0.164 e. The molecule has 6 nitrogen and oxygen atoms in total. The summed E-state index contributed by atoms with van der Waals surface area (Å²) in [5.74, 6) is 1.05. The maximum Gasteiger partial charge on any atom is 0.164 e. The first-order valence-corrected chi connectivity index (χ1v) is 11.8. The number of nitrogens with zero attached hydrogens (tertiary/aromatic N) is 2. The number of fused-ring (bicyclic) bond motifs is 1. The minimum atomic E-state index is -1.11. The summed E-state index contributed by atoms with van der Waals surface area (Å²) in [5.41, 5.74) is 9.61. The second kappa shape index (κ2) is 14.1. The molecule has 0 spiro atoms. The van der Waals surface area contributed by atoms with E-state index in [0.717, 1.165) is 45.9 Å². The molecule has 0 amide bonds. The molecular weight excluding hydrogens is 464 g/mol. The zero-order valence-electron chi connectivity index (χ0n) is 21.6. The van der Waals surface area contributed by atoms with E-state index in [4.69, 9.17) is 9.57 Å². The number of nitrogens with two attached hydrogens (primary N) is 1. The molecule has 3 aromatic rings. The van der Waals surface area contributed by atoms with Gasteiger partial charge in [0, 0.05) is 28.2 Å². The lowest BCUT2D eigenvalue weighted by atomic mass is 10.0. The quantitative estimate of drug-likeness (QED) is 0.152. The zero-order valence-corrected chi connectivity index (χ0v) is 21.6. The monoisotopic (exact) mass is 499 g/mol. The summed E-state index contributed by atoms with van der Waals surface area (Å²) >= 11 is 0. The number of hydrogen-bond donors (Lipinski definition) is 1. The number of benzene rings is 2. The third-order valence-electron chi connectivity index (χ3n) is 5.74. The number of halogens is 2. The van der Waals surface area contributed by atoms with Crippen molar-refractivity contribution in [2.75, 3.05) is 20.4 Å². The van der Waals surface area contributed by atoms with E-state index in [9.17, 15) is 13.6 Å². The first-order chi connectivity index (χ1) is 17.4. The number of rotatable bonds is 11. The molecule has 0 saturated carbocycles. The molecule has 0 atom stereocenters. The molecule has 0 aliphatic rings. The number of hydrogen-bond acceptors (Lipinski definition) is 5. The maximum atomic E-state index is 12.9. The molecule has 1 heterocycles. The number of aryl methyl sites for hydroxylation is 1. The van der Waals surface area contributed by atoms with Crippen molar-refractivity contribution in [2.45, 2.75) is 46.8 Å². The van der Waals surface area contributed by atoms with Crippen molar-refractivity contribution >= 4 is 28.7 Å². The summed E-state index contributed by atoms with van der Waals surface area (Å²) in [6.45, 7) is 6.22. The molecule has 0 saturated heterocycles. The van der Waals surface area contributed by atoms with Gasteiger partial charge in [0.2, 0.25) is 0 Å². The number of carbonyl (C=O) groups excluding carboxylic acids is 1. The minimum Gasteiger partial charge on any atom is -0.485 e.